The number of benzene rings is 2. The van der Waals surface area contributed by atoms with Crippen molar-refractivity contribution in [2.75, 3.05) is 0 Å². The van der Waals surface area contributed by atoms with Crippen molar-refractivity contribution in [3.05, 3.63) is 93.0 Å². The Morgan fingerprint density at radius 1 is 1.12 bits per heavy atom. The number of aromatic amines is 1. The van der Waals surface area contributed by atoms with Crippen LogP contribution in [0.2, 0.25) is 0 Å². The van der Waals surface area contributed by atoms with E-state index in [1.165, 1.54) is 10.8 Å². The van der Waals surface area contributed by atoms with Gasteiger partial charge in [-0.05, 0) is 60.9 Å². The van der Waals surface area contributed by atoms with Gasteiger partial charge in [0.05, 0.1) is 6.54 Å². The zero-order valence-corrected chi connectivity index (χ0v) is 17.7. The van der Waals surface area contributed by atoms with Crippen molar-refractivity contribution in [2.45, 2.75) is 33.2 Å². The van der Waals surface area contributed by atoms with E-state index < -0.39 is 23.2 Å². The SMILES string of the molecule is CCCc1ccc2c(c1C)c(-c1ccc[nH]c1=O)c(C(=O)O)n2Cc1cc(F)ccc1F. The molecule has 0 saturated carbocycles. The molecule has 0 fully saturated rings. The lowest BCUT2D eigenvalue weighted by Gasteiger charge is -2.11. The van der Waals surface area contributed by atoms with Gasteiger partial charge in [0.25, 0.3) is 5.56 Å². The molecule has 0 radical (unpaired) electrons. The molecule has 0 aliphatic carbocycles. The van der Waals surface area contributed by atoms with Gasteiger partial charge in [0, 0.05) is 33.8 Å². The average Bonchev–Trinajstić information content (AvgIpc) is 3.08. The van der Waals surface area contributed by atoms with Crippen LogP contribution in [0.25, 0.3) is 22.0 Å². The molecule has 7 heteroatoms. The van der Waals surface area contributed by atoms with Crippen LogP contribution in [-0.4, -0.2) is 20.6 Å². The Hall–Kier alpha value is -3.74. The molecule has 4 rings (SSSR count). The van der Waals surface area contributed by atoms with Gasteiger partial charge in [0.15, 0.2) is 0 Å². The summed E-state index contributed by atoms with van der Waals surface area (Å²) in [6, 6.07) is 10.00. The maximum atomic E-state index is 14.4. The van der Waals surface area contributed by atoms with E-state index in [4.69, 9.17) is 0 Å². The van der Waals surface area contributed by atoms with Gasteiger partial charge in [0.1, 0.15) is 17.3 Å². The first-order valence-corrected chi connectivity index (χ1v) is 10.3. The predicted molar refractivity (Wildman–Crippen MR) is 119 cm³/mol. The number of rotatable bonds is 6. The van der Waals surface area contributed by atoms with Gasteiger partial charge < -0.3 is 14.7 Å². The smallest absolute Gasteiger partial charge is 0.353 e. The molecule has 4 aromatic rings. The van der Waals surface area contributed by atoms with E-state index >= 15 is 0 Å². The molecule has 0 amide bonds. The number of aryl methyl sites for hydroxylation is 2. The molecule has 0 spiro atoms. The van der Waals surface area contributed by atoms with Gasteiger partial charge in [-0.15, -0.1) is 0 Å². The van der Waals surface area contributed by atoms with Crippen molar-refractivity contribution in [1.29, 1.82) is 0 Å². The molecule has 0 aliphatic heterocycles. The predicted octanol–water partition coefficient (Wildman–Crippen LogP) is 5.28. The summed E-state index contributed by atoms with van der Waals surface area (Å²) >= 11 is 0. The first-order chi connectivity index (χ1) is 15.3. The molecule has 32 heavy (non-hydrogen) atoms. The summed E-state index contributed by atoms with van der Waals surface area (Å²) in [5.74, 6) is -2.51. The lowest BCUT2D eigenvalue weighted by molar-refractivity contribution is 0.0687. The summed E-state index contributed by atoms with van der Waals surface area (Å²) in [7, 11) is 0. The second-order valence-electron chi connectivity index (χ2n) is 7.76. The first-order valence-electron chi connectivity index (χ1n) is 10.3. The quantitative estimate of drug-likeness (QED) is 0.432. The van der Waals surface area contributed by atoms with Crippen LogP contribution in [0, 0.1) is 18.6 Å². The summed E-state index contributed by atoms with van der Waals surface area (Å²) in [6.45, 7) is 3.75. The maximum absolute atomic E-state index is 14.4. The molecule has 164 valence electrons. The first kappa shape index (κ1) is 21.5. The standard InChI is InChI=1S/C25H22F2N2O3/c1-3-5-15-7-10-20-21(14(15)2)22(18-6-4-11-28-24(18)30)23(25(31)32)29(20)13-16-12-17(26)8-9-19(16)27/h4,6-12H,3,5,13H2,1-2H3,(H,28,30)(H,31,32). The van der Waals surface area contributed by atoms with Gasteiger partial charge in [0.2, 0.25) is 0 Å². The largest absolute Gasteiger partial charge is 0.477 e. The minimum atomic E-state index is -1.26. The van der Waals surface area contributed by atoms with E-state index in [0.717, 1.165) is 42.2 Å². The fourth-order valence-corrected chi connectivity index (χ4v) is 4.30. The second-order valence-corrected chi connectivity index (χ2v) is 7.76. The Kier molecular flexibility index (Phi) is 5.65. The number of aromatic nitrogens is 2. The molecular formula is C25H22F2N2O3. The van der Waals surface area contributed by atoms with E-state index in [1.807, 2.05) is 19.9 Å². The number of carboxylic acids is 1. The molecule has 0 atom stereocenters. The van der Waals surface area contributed by atoms with E-state index in [9.17, 15) is 23.5 Å². The number of nitrogens with one attached hydrogen (secondary N) is 1. The lowest BCUT2D eigenvalue weighted by Crippen LogP contribution is -2.14. The van der Waals surface area contributed by atoms with Crippen molar-refractivity contribution in [3.63, 3.8) is 0 Å². The number of carbonyl (C=O) groups is 1. The molecule has 2 N–H and O–H groups in total. The molecule has 0 bridgehead atoms. The van der Waals surface area contributed by atoms with Gasteiger partial charge in [-0.3, -0.25) is 4.79 Å². The third kappa shape index (κ3) is 3.60. The van der Waals surface area contributed by atoms with Crippen molar-refractivity contribution < 1.29 is 18.7 Å². The van der Waals surface area contributed by atoms with E-state index in [2.05, 4.69) is 4.98 Å². The van der Waals surface area contributed by atoms with Crippen LogP contribution in [0.15, 0.2) is 53.5 Å². The topological polar surface area (TPSA) is 75.1 Å². The Morgan fingerprint density at radius 2 is 1.91 bits per heavy atom. The molecule has 2 aromatic heterocycles. The van der Waals surface area contributed by atoms with Gasteiger partial charge in [-0.2, -0.15) is 0 Å². The van der Waals surface area contributed by atoms with E-state index in [0.29, 0.717) is 10.9 Å². The molecule has 0 unspecified atom stereocenters. The molecule has 0 saturated heterocycles. The van der Waals surface area contributed by atoms with Crippen molar-refractivity contribution in [2.24, 2.45) is 0 Å². The molecular weight excluding hydrogens is 414 g/mol. The van der Waals surface area contributed by atoms with Crippen LogP contribution in [0.5, 0.6) is 0 Å². The number of aromatic carboxylic acids is 1. The zero-order chi connectivity index (χ0) is 23.0. The minimum Gasteiger partial charge on any atom is -0.477 e. The van der Waals surface area contributed by atoms with Crippen LogP contribution in [-0.2, 0) is 13.0 Å². The molecule has 0 aliphatic rings. The summed E-state index contributed by atoms with van der Waals surface area (Å²) < 4.78 is 29.7. The third-order valence-electron chi connectivity index (χ3n) is 5.75. The van der Waals surface area contributed by atoms with Crippen molar-refractivity contribution in [3.8, 4) is 11.1 Å². The summed E-state index contributed by atoms with van der Waals surface area (Å²) in [4.78, 5) is 27.7. The Labute approximate surface area is 183 Å². The highest BCUT2D eigenvalue weighted by Gasteiger charge is 2.27. The third-order valence-corrected chi connectivity index (χ3v) is 5.75. The van der Waals surface area contributed by atoms with Crippen LogP contribution < -0.4 is 5.56 Å². The second kappa shape index (κ2) is 8.42. The van der Waals surface area contributed by atoms with E-state index in [-0.39, 0.29) is 28.9 Å². The monoisotopic (exact) mass is 436 g/mol. The van der Waals surface area contributed by atoms with Gasteiger partial charge in [-0.1, -0.05) is 19.4 Å². The zero-order valence-electron chi connectivity index (χ0n) is 17.7. The number of carboxylic acid groups (broad SMARTS) is 1. The molecule has 2 heterocycles. The number of fused-ring (bicyclic) bond motifs is 1. The van der Waals surface area contributed by atoms with Crippen molar-refractivity contribution >= 4 is 16.9 Å². The van der Waals surface area contributed by atoms with Crippen LogP contribution >= 0.6 is 0 Å². The maximum Gasteiger partial charge on any atom is 0.353 e. The summed E-state index contributed by atoms with van der Waals surface area (Å²) in [5.41, 5.74) is 2.40. The highest BCUT2D eigenvalue weighted by molar-refractivity contribution is 6.09. The molecule has 2 aromatic carbocycles. The Balaban J connectivity index is 2.12. The normalized spacial score (nSPS) is 11.2. The number of nitrogens with zero attached hydrogens (tertiary/aromatic N) is 1. The average molecular weight is 436 g/mol. The van der Waals surface area contributed by atoms with Crippen LogP contribution in [0.3, 0.4) is 0 Å². The fourth-order valence-electron chi connectivity index (χ4n) is 4.30. The summed E-state index contributed by atoms with van der Waals surface area (Å²) in [5, 5.41) is 10.8. The van der Waals surface area contributed by atoms with Gasteiger partial charge in [-0.25, -0.2) is 13.6 Å². The minimum absolute atomic E-state index is 0.0215. The van der Waals surface area contributed by atoms with E-state index in [1.54, 1.807) is 18.2 Å². The lowest BCUT2D eigenvalue weighted by atomic mass is 9.95. The highest BCUT2D eigenvalue weighted by Crippen LogP contribution is 2.38. The highest BCUT2D eigenvalue weighted by atomic mass is 19.1. The number of hydrogen-bond acceptors (Lipinski definition) is 2. The number of H-pyrrole nitrogens is 1. The Bertz CT molecular complexity index is 1400. The van der Waals surface area contributed by atoms with Gasteiger partial charge >= 0.3 is 5.97 Å². The van der Waals surface area contributed by atoms with Crippen LogP contribution in [0.1, 0.15) is 40.5 Å². The fraction of sp³-hybridized carbons (Fsp3) is 0.200. The number of pyridine rings is 1. The number of halogens is 2. The summed E-state index contributed by atoms with van der Waals surface area (Å²) in [6.07, 6.45) is 3.16. The Morgan fingerprint density at radius 3 is 2.59 bits per heavy atom. The van der Waals surface area contributed by atoms with Crippen LogP contribution in [0.4, 0.5) is 8.78 Å². The molecule has 5 nitrogen and oxygen atoms in total. The van der Waals surface area contributed by atoms with Crippen molar-refractivity contribution in [1.82, 2.24) is 9.55 Å². The number of hydrogen-bond donors (Lipinski definition) is 2.